The number of nitrogens with one attached hydrogen (secondary N) is 4. The van der Waals surface area contributed by atoms with Crippen LogP contribution >= 0.6 is 11.3 Å². The molecule has 1 saturated carbocycles. The van der Waals surface area contributed by atoms with Crippen LogP contribution in [-0.4, -0.2) is 68.6 Å². The highest BCUT2D eigenvalue weighted by Crippen LogP contribution is 2.32. The van der Waals surface area contributed by atoms with E-state index < -0.39 is 0 Å². The van der Waals surface area contributed by atoms with Gasteiger partial charge in [-0.05, 0) is 50.6 Å². The summed E-state index contributed by atoms with van der Waals surface area (Å²) < 4.78 is 1.77. The van der Waals surface area contributed by atoms with Crippen LogP contribution in [0.25, 0.3) is 28.9 Å². The van der Waals surface area contributed by atoms with E-state index in [2.05, 4.69) is 51.0 Å². The number of nitrogens with zero attached hydrogens (tertiary/aromatic N) is 4. The summed E-state index contributed by atoms with van der Waals surface area (Å²) in [5.41, 5.74) is 1.79. The van der Waals surface area contributed by atoms with Crippen molar-refractivity contribution in [3.8, 4) is 10.6 Å². The zero-order valence-corrected chi connectivity index (χ0v) is 22.3. The SMILES string of the molecule is C=c1[nH]c(=O)[nH]/c1=C\c1cnn2c(NC3CC3)cc(-c3ccc(C(=O)NCC(C)(C)CN(C)C)s3)nc12. The molecule has 37 heavy (non-hydrogen) atoms. The second kappa shape index (κ2) is 9.64. The van der Waals surface area contributed by atoms with Gasteiger partial charge in [0.25, 0.3) is 5.91 Å². The third-order valence-electron chi connectivity index (χ3n) is 6.12. The fourth-order valence-electron chi connectivity index (χ4n) is 4.38. The van der Waals surface area contributed by atoms with Crippen molar-refractivity contribution in [2.24, 2.45) is 5.41 Å². The van der Waals surface area contributed by atoms with Crippen molar-refractivity contribution in [1.29, 1.82) is 0 Å². The highest BCUT2D eigenvalue weighted by Gasteiger charge is 2.24. The van der Waals surface area contributed by atoms with Gasteiger partial charge in [0.05, 0.1) is 32.3 Å². The molecule has 0 saturated heterocycles. The topological polar surface area (TPSA) is 123 Å². The first kappa shape index (κ1) is 25.0. The Morgan fingerprint density at radius 1 is 1.32 bits per heavy atom. The molecule has 1 aliphatic carbocycles. The molecule has 0 atom stereocenters. The Kier molecular flexibility index (Phi) is 6.50. The van der Waals surface area contributed by atoms with Gasteiger partial charge in [0.1, 0.15) is 5.82 Å². The molecule has 4 aromatic rings. The van der Waals surface area contributed by atoms with Gasteiger partial charge in [-0.15, -0.1) is 11.3 Å². The number of carbonyl (C=O) groups excluding carboxylic acids is 1. The number of H-pyrrole nitrogens is 2. The van der Waals surface area contributed by atoms with E-state index >= 15 is 0 Å². The van der Waals surface area contributed by atoms with Crippen LogP contribution in [0, 0.1) is 5.41 Å². The summed E-state index contributed by atoms with van der Waals surface area (Å²) in [5, 5.41) is 12.2. The highest BCUT2D eigenvalue weighted by molar-refractivity contribution is 7.17. The lowest BCUT2D eigenvalue weighted by Gasteiger charge is -2.28. The Bertz CT molecular complexity index is 1620. The predicted octanol–water partition coefficient (Wildman–Crippen LogP) is 1.61. The molecule has 0 aromatic carbocycles. The first-order valence-corrected chi connectivity index (χ1v) is 13.1. The van der Waals surface area contributed by atoms with Crippen LogP contribution in [0.4, 0.5) is 5.82 Å². The maximum Gasteiger partial charge on any atom is 0.323 e. The van der Waals surface area contributed by atoms with E-state index in [1.807, 2.05) is 38.4 Å². The van der Waals surface area contributed by atoms with Gasteiger partial charge in [-0.3, -0.25) is 4.79 Å². The minimum absolute atomic E-state index is 0.0399. The quantitative estimate of drug-likeness (QED) is 0.266. The number of fused-ring (bicyclic) bond motifs is 1. The van der Waals surface area contributed by atoms with Crippen LogP contribution < -0.4 is 27.0 Å². The third-order valence-corrected chi connectivity index (χ3v) is 7.23. The van der Waals surface area contributed by atoms with Crippen molar-refractivity contribution in [1.82, 2.24) is 34.8 Å². The van der Waals surface area contributed by atoms with E-state index in [9.17, 15) is 9.59 Å². The second-order valence-electron chi connectivity index (χ2n) is 10.6. The summed E-state index contributed by atoms with van der Waals surface area (Å²) >= 11 is 1.41. The molecular formula is C26H32N8O2S. The van der Waals surface area contributed by atoms with Crippen LogP contribution in [0.5, 0.6) is 0 Å². The predicted molar refractivity (Wildman–Crippen MR) is 147 cm³/mol. The lowest BCUT2D eigenvalue weighted by molar-refractivity contribution is 0.0933. The summed E-state index contributed by atoms with van der Waals surface area (Å²) in [7, 11) is 4.06. The molecular weight excluding hydrogens is 488 g/mol. The molecule has 5 rings (SSSR count). The normalized spacial score (nSPS) is 14.6. The lowest BCUT2D eigenvalue weighted by Crippen LogP contribution is -2.39. The monoisotopic (exact) mass is 520 g/mol. The van der Waals surface area contributed by atoms with E-state index in [-0.39, 0.29) is 17.0 Å². The van der Waals surface area contributed by atoms with Gasteiger partial charge in [0.15, 0.2) is 5.65 Å². The van der Waals surface area contributed by atoms with Crippen LogP contribution in [0.1, 0.15) is 41.9 Å². The van der Waals surface area contributed by atoms with Crippen molar-refractivity contribution in [3.05, 3.63) is 56.0 Å². The van der Waals surface area contributed by atoms with Crippen LogP contribution in [-0.2, 0) is 0 Å². The molecule has 0 aliphatic heterocycles. The first-order chi connectivity index (χ1) is 17.6. The summed E-state index contributed by atoms with van der Waals surface area (Å²) in [6.45, 7) is 9.62. The average Bonchev–Trinajstić information content (AvgIpc) is 3.20. The molecule has 1 amide bonds. The van der Waals surface area contributed by atoms with Gasteiger partial charge in [-0.2, -0.15) is 9.61 Å². The zero-order valence-electron chi connectivity index (χ0n) is 21.5. The average molecular weight is 521 g/mol. The molecule has 1 fully saturated rings. The van der Waals surface area contributed by atoms with Crippen molar-refractivity contribution < 1.29 is 4.79 Å². The van der Waals surface area contributed by atoms with E-state index in [0.717, 1.165) is 41.3 Å². The molecule has 0 radical (unpaired) electrons. The lowest BCUT2D eigenvalue weighted by atomic mass is 9.93. The fraction of sp³-hybridized carbons (Fsp3) is 0.385. The van der Waals surface area contributed by atoms with Crippen LogP contribution in [0.3, 0.4) is 0 Å². The molecule has 0 spiro atoms. The number of hydrogen-bond acceptors (Lipinski definition) is 7. The van der Waals surface area contributed by atoms with E-state index in [1.165, 1.54) is 11.3 Å². The maximum atomic E-state index is 12.9. The Morgan fingerprint density at radius 3 is 2.78 bits per heavy atom. The summed E-state index contributed by atoms with van der Waals surface area (Å²) in [5.74, 6) is 0.752. The van der Waals surface area contributed by atoms with Crippen molar-refractivity contribution >= 4 is 41.4 Å². The van der Waals surface area contributed by atoms with Gasteiger partial charge in [0, 0.05) is 30.8 Å². The Morgan fingerprint density at radius 2 is 2.11 bits per heavy atom. The van der Waals surface area contributed by atoms with Gasteiger partial charge in [-0.1, -0.05) is 20.4 Å². The number of imidazole rings is 1. The molecule has 0 unspecified atom stereocenters. The smallest absolute Gasteiger partial charge is 0.323 e. The number of aromatic amines is 2. The van der Waals surface area contributed by atoms with E-state index in [0.29, 0.717) is 33.8 Å². The molecule has 10 nitrogen and oxygen atoms in total. The number of carbonyl (C=O) groups is 1. The highest BCUT2D eigenvalue weighted by atomic mass is 32.1. The Balaban J connectivity index is 1.47. The molecule has 4 N–H and O–H groups in total. The number of thiophene rings is 1. The standard InChI is InChI=1S/C26H32N8O2S/c1-15-18(32-25(36)29-15)10-16-12-28-34-22(30-17-6-7-17)11-19(31-23(16)34)20-8-9-21(37-20)24(35)27-13-26(2,3)14-33(4)5/h8-12,17,30H,1,6-7,13-14H2,2-5H3,(H,27,35)(H2,29,32,36)/b18-10-. The molecule has 11 heteroatoms. The maximum absolute atomic E-state index is 12.9. The third kappa shape index (κ3) is 5.67. The van der Waals surface area contributed by atoms with Crippen LogP contribution in [0.2, 0.25) is 0 Å². The Hall–Kier alpha value is -3.70. The van der Waals surface area contributed by atoms with Gasteiger partial charge in [-0.25, -0.2) is 9.78 Å². The molecule has 0 bridgehead atoms. The number of rotatable bonds is 9. The number of hydrogen-bond donors (Lipinski definition) is 4. The Labute approximate surface area is 218 Å². The molecule has 4 heterocycles. The van der Waals surface area contributed by atoms with Gasteiger partial charge in [0.2, 0.25) is 0 Å². The fourth-order valence-corrected chi connectivity index (χ4v) is 5.26. The summed E-state index contributed by atoms with van der Waals surface area (Å²) in [4.78, 5) is 38.5. The summed E-state index contributed by atoms with van der Waals surface area (Å²) in [6, 6.07) is 6.16. The van der Waals surface area contributed by atoms with Gasteiger partial charge >= 0.3 is 5.69 Å². The first-order valence-electron chi connectivity index (χ1n) is 12.3. The summed E-state index contributed by atoms with van der Waals surface area (Å²) in [6.07, 6.45) is 5.76. The minimum Gasteiger partial charge on any atom is -0.367 e. The van der Waals surface area contributed by atoms with Gasteiger partial charge < -0.3 is 25.5 Å². The zero-order chi connectivity index (χ0) is 26.3. The van der Waals surface area contributed by atoms with Crippen molar-refractivity contribution in [2.75, 3.05) is 32.5 Å². The second-order valence-corrected chi connectivity index (χ2v) is 11.7. The van der Waals surface area contributed by atoms with Crippen molar-refractivity contribution in [3.63, 3.8) is 0 Å². The number of aromatic nitrogens is 5. The number of anilines is 1. The number of amides is 1. The van der Waals surface area contributed by atoms with E-state index in [4.69, 9.17) is 4.98 Å². The molecule has 1 aliphatic rings. The van der Waals surface area contributed by atoms with Crippen molar-refractivity contribution in [2.45, 2.75) is 32.7 Å². The van der Waals surface area contributed by atoms with Crippen LogP contribution in [0.15, 0.2) is 29.2 Å². The minimum atomic E-state index is -0.313. The van der Waals surface area contributed by atoms with E-state index in [1.54, 1.807) is 10.7 Å². The molecule has 194 valence electrons. The largest absolute Gasteiger partial charge is 0.367 e. The molecule has 4 aromatic heterocycles.